The molecule has 1 atom stereocenters. The fraction of sp³-hybridized carbons (Fsp3) is 0.182. The average molecular weight is 613 g/mol. The molecule has 0 heterocycles. The second kappa shape index (κ2) is 16.5. The highest BCUT2D eigenvalue weighted by molar-refractivity contribution is 7.98. The van der Waals surface area contributed by atoms with Gasteiger partial charge in [0.05, 0.1) is 17.7 Å². The van der Waals surface area contributed by atoms with Crippen molar-refractivity contribution in [2.75, 3.05) is 12.4 Å². The van der Waals surface area contributed by atoms with Crippen LogP contribution in [0.5, 0.6) is 11.5 Å². The summed E-state index contributed by atoms with van der Waals surface area (Å²) in [6.07, 6.45) is 1.48. The fourth-order valence-corrected chi connectivity index (χ4v) is 5.02. The van der Waals surface area contributed by atoms with Gasteiger partial charge in [0.25, 0.3) is 17.5 Å². The van der Waals surface area contributed by atoms with Gasteiger partial charge in [-0.05, 0) is 53.9 Å². The van der Waals surface area contributed by atoms with E-state index in [4.69, 9.17) is 9.47 Å². The number of non-ortho nitro benzene ring substituents is 1. The van der Waals surface area contributed by atoms with Gasteiger partial charge in [0.2, 0.25) is 0 Å². The van der Waals surface area contributed by atoms with Crippen molar-refractivity contribution in [3.05, 3.63) is 135 Å². The van der Waals surface area contributed by atoms with E-state index in [9.17, 15) is 19.7 Å². The highest BCUT2D eigenvalue weighted by Gasteiger charge is 2.22. The Morgan fingerprint density at radius 3 is 2.25 bits per heavy atom. The molecule has 0 saturated carbocycles. The maximum atomic E-state index is 13.1. The van der Waals surface area contributed by atoms with Crippen molar-refractivity contribution < 1.29 is 24.0 Å². The Hall–Kier alpha value is -5.16. The van der Waals surface area contributed by atoms with Crippen molar-refractivity contribution in [3.63, 3.8) is 0 Å². The first-order chi connectivity index (χ1) is 21.4. The van der Waals surface area contributed by atoms with E-state index in [2.05, 4.69) is 15.8 Å². The molecular formula is C33H32N4O6S. The Morgan fingerprint density at radius 2 is 1.59 bits per heavy atom. The number of carbonyl (C=O) groups excluding carboxylic acids is 2. The van der Waals surface area contributed by atoms with E-state index < -0.39 is 22.8 Å². The minimum absolute atomic E-state index is 0.133. The standard InChI is InChI=1S/C33H32N4O6S/c1-2-42-31-19-26(13-18-30(31)43-21-24-9-5-3-6-10-24)20-34-36-33(39)29(23-44-22-25-11-7-4-8-12-25)35-32(38)27-14-16-28(17-15-27)37(40)41/h3-20,29H,2,21-23H2,1H3,(H,35,38)(H,36,39)/b34-20-/t29-/m0/s1. The van der Waals surface area contributed by atoms with Crippen LogP contribution in [0.3, 0.4) is 0 Å². The molecule has 226 valence electrons. The van der Waals surface area contributed by atoms with E-state index in [0.717, 1.165) is 11.1 Å². The minimum Gasteiger partial charge on any atom is -0.490 e. The van der Waals surface area contributed by atoms with Crippen molar-refractivity contribution in [3.8, 4) is 11.5 Å². The third kappa shape index (κ3) is 9.70. The van der Waals surface area contributed by atoms with Crippen molar-refractivity contribution >= 4 is 35.5 Å². The van der Waals surface area contributed by atoms with Gasteiger partial charge in [-0.1, -0.05) is 60.7 Å². The van der Waals surface area contributed by atoms with E-state index >= 15 is 0 Å². The zero-order chi connectivity index (χ0) is 31.1. The number of nitrogens with one attached hydrogen (secondary N) is 2. The van der Waals surface area contributed by atoms with Crippen LogP contribution in [0.25, 0.3) is 0 Å². The summed E-state index contributed by atoms with van der Waals surface area (Å²) in [4.78, 5) is 36.5. The summed E-state index contributed by atoms with van der Waals surface area (Å²) in [5, 5.41) is 17.8. The lowest BCUT2D eigenvalue weighted by Gasteiger charge is -2.17. The molecule has 11 heteroatoms. The summed E-state index contributed by atoms with van der Waals surface area (Å²) in [6, 6.07) is 29.2. The Labute approximate surface area is 259 Å². The molecule has 2 amide bonds. The molecular weight excluding hydrogens is 580 g/mol. The van der Waals surface area contributed by atoms with Crippen molar-refractivity contribution in [1.82, 2.24) is 10.7 Å². The lowest BCUT2D eigenvalue weighted by atomic mass is 10.2. The summed E-state index contributed by atoms with van der Waals surface area (Å²) >= 11 is 1.48. The highest BCUT2D eigenvalue weighted by atomic mass is 32.2. The van der Waals surface area contributed by atoms with Crippen molar-refractivity contribution in [2.45, 2.75) is 25.3 Å². The van der Waals surface area contributed by atoms with Crippen LogP contribution in [-0.4, -0.2) is 41.4 Å². The molecule has 0 aromatic heterocycles. The number of amides is 2. The quantitative estimate of drug-likeness (QED) is 0.0992. The SMILES string of the molecule is CCOc1cc(/C=N\NC(=O)[C@H](CSCc2ccccc2)NC(=O)c2ccc([N+](=O)[O-])cc2)ccc1OCc1ccccc1. The molecule has 4 rings (SSSR count). The first-order valence-electron chi connectivity index (χ1n) is 13.9. The first-order valence-corrected chi connectivity index (χ1v) is 15.0. The summed E-state index contributed by atoms with van der Waals surface area (Å²) < 4.78 is 11.7. The van der Waals surface area contributed by atoms with Gasteiger partial charge in [-0.15, -0.1) is 0 Å². The third-order valence-corrected chi connectivity index (χ3v) is 7.36. The molecule has 0 aliphatic carbocycles. The van der Waals surface area contributed by atoms with E-state index in [1.54, 1.807) is 18.2 Å². The number of hydrogen-bond acceptors (Lipinski definition) is 8. The van der Waals surface area contributed by atoms with Gasteiger partial charge in [-0.2, -0.15) is 16.9 Å². The Balaban J connectivity index is 1.41. The van der Waals surface area contributed by atoms with Gasteiger partial charge < -0.3 is 14.8 Å². The zero-order valence-corrected chi connectivity index (χ0v) is 24.9. The van der Waals surface area contributed by atoms with E-state index in [1.807, 2.05) is 67.6 Å². The molecule has 2 N–H and O–H groups in total. The topological polar surface area (TPSA) is 132 Å². The van der Waals surface area contributed by atoms with E-state index in [0.29, 0.717) is 36.0 Å². The van der Waals surface area contributed by atoms with Crippen LogP contribution in [0.15, 0.2) is 108 Å². The zero-order valence-electron chi connectivity index (χ0n) is 24.1. The predicted octanol–water partition coefficient (Wildman–Crippen LogP) is 5.75. The Bertz CT molecular complexity index is 1570. The molecule has 0 spiro atoms. The van der Waals surface area contributed by atoms with E-state index in [-0.39, 0.29) is 17.0 Å². The van der Waals surface area contributed by atoms with Crippen LogP contribution in [0, 0.1) is 10.1 Å². The molecule has 0 aliphatic rings. The molecule has 4 aromatic carbocycles. The largest absolute Gasteiger partial charge is 0.490 e. The number of rotatable bonds is 15. The van der Waals surface area contributed by atoms with E-state index in [1.165, 1.54) is 42.2 Å². The summed E-state index contributed by atoms with van der Waals surface area (Å²) in [7, 11) is 0. The molecule has 44 heavy (non-hydrogen) atoms. The second-order valence-electron chi connectivity index (χ2n) is 9.48. The average Bonchev–Trinajstić information content (AvgIpc) is 3.05. The lowest BCUT2D eigenvalue weighted by Crippen LogP contribution is -2.47. The number of nitro benzene ring substituents is 1. The number of nitro groups is 1. The van der Waals surface area contributed by atoms with Gasteiger partial charge in [0.1, 0.15) is 12.6 Å². The van der Waals surface area contributed by atoms with Gasteiger partial charge in [0, 0.05) is 29.2 Å². The number of nitrogens with zero attached hydrogens (tertiary/aromatic N) is 2. The third-order valence-electron chi connectivity index (χ3n) is 6.25. The van der Waals surface area contributed by atoms with Gasteiger partial charge in [-0.25, -0.2) is 5.43 Å². The number of benzene rings is 4. The molecule has 0 unspecified atom stereocenters. The normalized spacial score (nSPS) is 11.5. The van der Waals surface area contributed by atoms with Gasteiger partial charge in [0.15, 0.2) is 11.5 Å². The fourth-order valence-electron chi connectivity index (χ4n) is 4.00. The second-order valence-corrected chi connectivity index (χ2v) is 10.5. The molecule has 0 fully saturated rings. The molecule has 0 saturated heterocycles. The number of hydrazone groups is 1. The number of ether oxygens (including phenoxy) is 2. The Kier molecular flexibility index (Phi) is 11.9. The monoisotopic (exact) mass is 612 g/mol. The first kappa shape index (κ1) is 31.8. The molecule has 0 bridgehead atoms. The summed E-state index contributed by atoms with van der Waals surface area (Å²) in [6.45, 7) is 2.71. The molecule has 4 aromatic rings. The molecule has 0 radical (unpaired) electrons. The smallest absolute Gasteiger partial charge is 0.269 e. The number of carbonyl (C=O) groups is 2. The van der Waals surface area contributed by atoms with Gasteiger partial charge >= 0.3 is 0 Å². The highest BCUT2D eigenvalue weighted by Crippen LogP contribution is 2.29. The van der Waals surface area contributed by atoms with Crippen LogP contribution in [0.1, 0.15) is 34.0 Å². The van der Waals surface area contributed by atoms with Crippen molar-refractivity contribution in [1.29, 1.82) is 0 Å². The maximum Gasteiger partial charge on any atom is 0.269 e. The van der Waals surface area contributed by atoms with Crippen LogP contribution < -0.4 is 20.2 Å². The minimum atomic E-state index is -0.920. The maximum absolute atomic E-state index is 13.1. The Morgan fingerprint density at radius 1 is 0.909 bits per heavy atom. The summed E-state index contributed by atoms with van der Waals surface area (Å²) in [5.41, 5.74) is 5.36. The van der Waals surface area contributed by atoms with Crippen LogP contribution in [0.4, 0.5) is 5.69 Å². The van der Waals surface area contributed by atoms with Crippen molar-refractivity contribution in [2.24, 2.45) is 5.10 Å². The van der Waals surface area contributed by atoms with Crippen LogP contribution in [0.2, 0.25) is 0 Å². The van der Waals surface area contributed by atoms with Gasteiger partial charge in [-0.3, -0.25) is 19.7 Å². The van der Waals surface area contributed by atoms with Crippen LogP contribution >= 0.6 is 11.8 Å². The molecule has 0 aliphatic heterocycles. The predicted molar refractivity (Wildman–Crippen MR) is 171 cm³/mol. The molecule has 10 nitrogen and oxygen atoms in total. The lowest BCUT2D eigenvalue weighted by molar-refractivity contribution is -0.384. The van der Waals surface area contributed by atoms with Crippen LogP contribution in [-0.2, 0) is 17.2 Å². The number of thioether (sulfide) groups is 1. The summed E-state index contributed by atoms with van der Waals surface area (Å²) in [5.74, 6) is 1.00. The number of hydrogen-bond donors (Lipinski definition) is 2.